The minimum Gasteiger partial charge on any atom is -0.338 e. The average molecular weight is 526 g/mol. The molecule has 7 rings (SSSR count). The number of hydrogen-bond acceptors (Lipinski definition) is 5. The predicted octanol–water partition coefficient (Wildman–Crippen LogP) is 6.66. The lowest BCUT2D eigenvalue weighted by molar-refractivity contribution is 0.631. The van der Waals surface area contributed by atoms with Crippen LogP contribution in [0.3, 0.4) is 0 Å². The zero-order valence-corrected chi connectivity index (χ0v) is 21.4. The molecule has 5 aromatic heterocycles. The van der Waals surface area contributed by atoms with E-state index in [0.29, 0.717) is 23.4 Å². The van der Waals surface area contributed by atoms with Gasteiger partial charge in [-0.3, -0.25) is 10.1 Å². The molecule has 0 amide bonds. The summed E-state index contributed by atoms with van der Waals surface area (Å²) < 4.78 is 14.6. The van der Waals surface area contributed by atoms with Crippen molar-refractivity contribution in [3.8, 4) is 33.8 Å². The van der Waals surface area contributed by atoms with E-state index < -0.39 is 0 Å². The van der Waals surface area contributed by atoms with Gasteiger partial charge in [0.2, 0.25) is 0 Å². The number of hydrogen-bond donors (Lipinski definition) is 3. The molecule has 0 unspecified atom stereocenters. The zero-order valence-electron chi connectivity index (χ0n) is 21.4. The van der Waals surface area contributed by atoms with E-state index in [1.807, 2.05) is 60.9 Å². The minimum absolute atomic E-state index is 0.277. The second kappa shape index (κ2) is 10.2. The highest BCUT2D eigenvalue weighted by Gasteiger charge is 2.17. The summed E-state index contributed by atoms with van der Waals surface area (Å²) in [6.07, 6.45) is 5.37. The van der Waals surface area contributed by atoms with Crippen molar-refractivity contribution in [3.63, 3.8) is 0 Å². The number of H-pyrrole nitrogens is 2. The van der Waals surface area contributed by atoms with Gasteiger partial charge in [-0.1, -0.05) is 48.5 Å². The molecule has 2 aromatic carbocycles. The fourth-order valence-corrected chi connectivity index (χ4v) is 4.99. The highest BCUT2D eigenvalue weighted by Crippen LogP contribution is 2.34. The van der Waals surface area contributed by atoms with Crippen LogP contribution in [0.2, 0.25) is 0 Å². The molecule has 0 aliphatic carbocycles. The van der Waals surface area contributed by atoms with Crippen molar-refractivity contribution in [1.82, 2.24) is 35.5 Å². The second-order valence-corrected chi connectivity index (χ2v) is 9.62. The summed E-state index contributed by atoms with van der Waals surface area (Å²) in [5.74, 6) is -0.277. The number of aromatic nitrogens is 6. The Balaban J connectivity index is 1.21. The Morgan fingerprint density at radius 1 is 0.800 bits per heavy atom. The third-order valence-electron chi connectivity index (χ3n) is 6.95. The molecular weight excluding hydrogens is 501 g/mol. The minimum atomic E-state index is -0.277. The van der Waals surface area contributed by atoms with Crippen LogP contribution in [0.5, 0.6) is 0 Å². The fourth-order valence-electron chi connectivity index (χ4n) is 4.99. The van der Waals surface area contributed by atoms with Gasteiger partial charge in [0.1, 0.15) is 22.7 Å². The van der Waals surface area contributed by atoms with Gasteiger partial charge in [-0.2, -0.15) is 5.10 Å². The van der Waals surface area contributed by atoms with E-state index in [0.717, 1.165) is 51.0 Å². The lowest BCUT2D eigenvalue weighted by Crippen LogP contribution is -2.12. The normalized spacial score (nSPS) is 11.4. The van der Waals surface area contributed by atoms with Gasteiger partial charge < -0.3 is 10.3 Å². The van der Waals surface area contributed by atoms with Gasteiger partial charge in [0.25, 0.3) is 0 Å². The van der Waals surface area contributed by atoms with Crippen LogP contribution < -0.4 is 5.32 Å². The Morgan fingerprint density at radius 2 is 1.65 bits per heavy atom. The molecule has 0 bridgehead atoms. The molecule has 0 saturated carbocycles. The van der Waals surface area contributed by atoms with Gasteiger partial charge in [-0.05, 0) is 53.1 Å². The summed E-state index contributed by atoms with van der Waals surface area (Å²) in [4.78, 5) is 17.2. The highest BCUT2D eigenvalue weighted by molar-refractivity contribution is 5.99. The molecule has 7 aromatic rings. The molecule has 0 aliphatic heterocycles. The fraction of sp³-hybridized carbons (Fsp3) is 0.0625. The molecule has 3 N–H and O–H groups in total. The lowest BCUT2D eigenvalue weighted by Gasteiger charge is -2.07. The summed E-state index contributed by atoms with van der Waals surface area (Å²) in [5.41, 5.74) is 8.94. The molecule has 40 heavy (non-hydrogen) atoms. The van der Waals surface area contributed by atoms with Crippen molar-refractivity contribution >= 4 is 22.1 Å². The molecule has 0 saturated heterocycles. The number of fused-ring (bicyclic) bond motifs is 2. The van der Waals surface area contributed by atoms with E-state index in [1.165, 1.54) is 11.6 Å². The first-order chi connectivity index (χ1) is 19.7. The molecular formula is C32H24FN7. The van der Waals surface area contributed by atoms with Crippen LogP contribution in [-0.2, 0) is 13.1 Å². The van der Waals surface area contributed by atoms with Gasteiger partial charge >= 0.3 is 0 Å². The van der Waals surface area contributed by atoms with Gasteiger partial charge in [0.15, 0.2) is 0 Å². The Hall–Kier alpha value is -5.21. The highest BCUT2D eigenvalue weighted by atomic mass is 19.1. The van der Waals surface area contributed by atoms with Crippen LogP contribution in [0.1, 0.15) is 11.1 Å². The Bertz CT molecular complexity index is 1960. The third-order valence-corrected chi connectivity index (χ3v) is 6.95. The standard InChI is InChI=1S/C32H24FN7/c33-26-9-5-4-8-24(26)23-12-13-36-32-25(23)15-29(38-32)31-30-28(39-40-31)11-10-27(37-30)22-14-21(18-35-19-22)17-34-16-20-6-2-1-3-7-20/h1-15,18-19,34H,16-17H2,(H,36,38)(H,39,40). The Kier molecular flexibility index (Phi) is 6.07. The number of nitrogens with zero attached hydrogens (tertiary/aromatic N) is 4. The van der Waals surface area contributed by atoms with Crippen molar-refractivity contribution in [2.45, 2.75) is 13.1 Å². The molecule has 0 atom stereocenters. The lowest BCUT2D eigenvalue weighted by atomic mass is 10.0. The number of halogens is 1. The van der Waals surface area contributed by atoms with Gasteiger partial charge in [0, 0.05) is 48.2 Å². The SMILES string of the molecule is Fc1ccccc1-c1ccnc2[nH]c(-c3n[nH]c4ccc(-c5cncc(CNCc6ccccc6)c5)nc34)cc12. The van der Waals surface area contributed by atoms with Crippen molar-refractivity contribution in [1.29, 1.82) is 0 Å². The van der Waals surface area contributed by atoms with Crippen LogP contribution >= 0.6 is 0 Å². The number of nitrogens with one attached hydrogen (secondary N) is 3. The molecule has 0 radical (unpaired) electrons. The molecule has 0 aliphatic rings. The van der Waals surface area contributed by atoms with E-state index in [1.54, 1.807) is 18.3 Å². The number of pyridine rings is 3. The quantitative estimate of drug-likeness (QED) is 0.216. The van der Waals surface area contributed by atoms with Gasteiger partial charge in [-0.25, -0.2) is 14.4 Å². The summed E-state index contributed by atoms with van der Waals surface area (Å²) in [6, 6.07) is 26.9. The average Bonchev–Trinajstić information content (AvgIpc) is 3.62. The molecule has 194 valence electrons. The third kappa shape index (κ3) is 4.50. The first-order valence-electron chi connectivity index (χ1n) is 13.0. The maximum absolute atomic E-state index is 14.6. The summed E-state index contributed by atoms with van der Waals surface area (Å²) in [7, 11) is 0. The van der Waals surface area contributed by atoms with E-state index in [9.17, 15) is 4.39 Å². The van der Waals surface area contributed by atoms with E-state index in [-0.39, 0.29) is 5.82 Å². The topological polar surface area (TPSA) is 95.2 Å². The van der Waals surface area contributed by atoms with Gasteiger partial charge in [-0.15, -0.1) is 0 Å². The smallest absolute Gasteiger partial charge is 0.138 e. The predicted molar refractivity (Wildman–Crippen MR) is 155 cm³/mol. The van der Waals surface area contributed by atoms with E-state index in [2.05, 4.69) is 48.7 Å². The molecule has 0 spiro atoms. The molecule has 5 heterocycles. The molecule has 0 fully saturated rings. The van der Waals surface area contributed by atoms with E-state index in [4.69, 9.17) is 4.98 Å². The van der Waals surface area contributed by atoms with Crippen LogP contribution in [0.25, 0.3) is 55.8 Å². The Morgan fingerprint density at radius 3 is 2.55 bits per heavy atom. The first kappa shape index (κ1) is 23.9. The zero-order chi connectivity index (χ0) is 26.9. The maximum atomic E-state index is 14.6. The van der Waals surface area contributed by atoms with Gasteiger partial charge in [0.05, 0.1) is 16.9 Å². The first-order valence-corrected chi connectivity index (χ1v) is 13.0. The van der Waals surface area contributed by atoms with Crippen molar-refractivity contribution < 1.29 is 4.39 Å². The maximum Gasteiger partial charge on any atom is 0.138 e. The van der Waals surface area contributed by atoms with Crippen molar-refractivity contribution in [3.05, 3.63) is 120 Å². The van der Waals surface area contributed by atoms with Crippen LogP contribution in [-0.4, -0.2) is 30.1 Å². The van der Waals surface area contributed by atoms with Crippen molar-refractivity contribution in [2.24, 2.45) is 0 Å². The molecule has 7 nitrogen and oxygen atoms in total. The summed E-state index contributed by atoms with van der Waals surface area (Å²) in [6.45, 7) is 1.48. The van der Waals surface area contributed by atoms with Crippen LogP contribution in [0.4, 0.5) is 4.39 Å². The van der Waals surface area contributed by atoms with Crippen LogP contribution in [0.15, 0.2) is 104 Å². The number of rotatable bonds is 7. The number of aromatic amines is 2. The largest absolute Gasteiger partial charge is 0.338 e. The Labute approximate surface area is 229 Å². The monoisotopic (exact) mass is 525 g/mol. The van der Waals surface area contributed by atoms with Crippen LogP contribution in [0, 0.1) is 5.82 Å². The van der Waals surface area contributed by atoms with E-state index >= 15 is 0 Å². The summed E-state index contributed by atoms with van der Waals surface area (Å²) >= 11 is 0. The summed E-state index contributed by atoms with van der Waals surface area (Å²) in [5, 5.41) is 11.9. The second-order valence-electron chi connectivity index (χ2n) is 9.62. The number of benzene rings is 2. The molecule has 8 heteroatoms. The van der Waals surface area contributed by atoms with Crippen molar-refractivity contribution in [2.75, 3.05) is 0 Å².